The monoisotopic (exact) mass is 385 g/mol. The number of halogens is 2. The summed E-state index contributed by atoms with van der Waals surface area (Å²) >= 11 is 6.02. The van der Waals surface area contributed by atoms with Gasteiger partial charge in [0.15, 0.2) is 0 Å². The van der Waals surface area contributed by atoms with Crippen molar-refractivity contribution >= 4 is 17.5 Å². The number of benzene rings is 2. The van der Waals surface area contributed by atoms with Gasteiger partial charge < -0.3 is 9.42 Å². The van der Waals surface area contributed by atoms with Crippen molar-refractivity contribution in [2.24, 2.45) is 0 Å². The molecule has 0 saturated carbocycles. The zero-order valence-corrected chi connectivity index (χ0v) is 15.2. The predicted octanol–water partition coefficient (Wildman–Crippen LogP) is 4.90. The summed E-state index contributed by atoms with van der Waals surface area (Å²) in [6, 6.07) is 12.8. The number of piperidine rings is 1. The van der Waals surface area contributed by atoms with Crippen LogP contribution in [0.1, 0.15) is 41.6 Å². The number of hydrogen-bond donors (Lipinski definition) is 0. The molecule has 138 valence electrons. The lowest BCUT2D eigenvalue weighted by Crippen LogP contribution is -2.39. The number of hydrogen-bond acceptors (Lipinski definition) is 4. The lowest BCUT2D eigenvalue weighted by molar-refractivity contribution is 0.0556. The number of carbonyl (C=O) groups excluding carboxylic acids is 1. The molecule has 1 fully saturated rings. The quantitative estimate of drug-likeness (QED) is 0.643. The summed E-state index contributed by atoms with van der Waals surface area (Å²) in [6.07, 6.45) is 2.48. The Kier molecular flexibility index (Phi) is 4.90. The first-order valence-electron chi connectivity index (χ1n) is 8.78. The van der Waals surface area contributed by atoms with E-state index in [1.54, 1.807) is 29.2 Å². The summed E-state index contributed by atoms with van der Waals surface area (Å²) in [5, 5.41) is 4.61. The maximum atomic E-state index is 14.1. The molecule has 2 aromatic carbocycles. The molecule has 0 radical (unpaired) electrons. The summed E-state index contributed by atoms with van der Waals surface area (Å²) in [5.74, 6) is -0.122. The summed E-state index contributed by atoms with van der Waals surface area (Å²) in [4.78, 5) is 19.0. The van der Waals surface area contributed by atoms with Crippen LogP contribution in [0, 0.1) is 5.82 Å². The van der Waals surface area contributed by atoms with Crippen LogP contribution in [-0.4, -0.2) is 27.5 Å². The van der Waals surface area contributed by atoms with Crippen LogP contribution in [0.3, 0.4) is 0 Å². The van der Waals surface area contributed by atoms with E-state index in [1.807, 2.05) is 12.1 Å². The third kappa shape index (κ3) is 3.57. The average Bonchev–Trinajstić information content (AvgIpc) is 3.18. The van der Waals surface area contributed by atoms with Crippen molar-refractivity contribution < 1.29 is 13.7 Å². The van der Waals surface area contributed by atoms with Gasteiger partial charge in [0, 0.05) is 17.1 Å². The van der Waals surface area contributed by atoms with E-state index in [1.165, 1.54) is 12.1 Å². The largest absolute Gasteiger partial charge is 0.337 e. The Morgan fingerprint density at radius 2 is 2.04 bits per heavy atom. The van der Waals surface area contributed by atoms with Crippen molar-refractivity contribution in [3.63, 3.8) is 0 Å². The smallest absolute Gasteiger partial charge is 0.257 e. The van der Waals surface area contributed by atoms with E-state index >= 15 is 0 Å². The van der Waals surface area contributed by atoms with Crippen LogP contribution in [0.15, 0.2) is 53.1 Å². The average molecular weight is 386 g/mol. The second-order valence-corrected chi connectivity index (χ2v) is 6.89. The maximum absolute atomic E-state index is 14.1. The van der Waals surface area contributed by atoms with Gasteiger partial charge in [-0.2, -0.15) is 4.98 Å². The third-order valence-electron chi connectivity index (χ3n) is 4.68. The minimum absolute atomic E-state index is 0.0546. The molecule has 27 heavy (non-hydrogen) atoms. The highest BCUT2D eigenvalue weighted by Gasteiger charge is 2.33. The van der Waals surface area contributed by atoms with Crippen molar-refractivity contribution in [1.29, 1.82) is 0 Å². The number of nitrogens with zero attached hydrogens (tertiary/aromatic N) is 3. The molecule has 5 nitrogen and oxygen atoms in total. The zero-order valence-electron chi connectivity index (χ0n) is 14.4. The topological polar surface area (TPSA) is 59.2 Å². The van der Waals surface area contributed by atoms with Crippen LogP contribution in [0.2, 0.25) is 5.02 Å². The van der Waals surface area contributed by atoms with E-state index in [4.69, 9.17) is 16.1 Å². The first-order chi connectivity index (χ1) is 13.1. The Balaban J connectivity index is 1.64. The molecular weight excluding hydrogens is 369 g/mol. The fourth-order valence-electron chi connectivity index (χ4n) is 3.34. The van der Waals surface area contributed by atoms with Crippen molar-refractivity contribution in [1.82, 2.24) is 15.0 Å². The molecule has 0 N–H and O–H groups in total. The Morgan fingerprint density at radius 1 is 1.19 bits per heavy atom. The van der Waals surface area contributed by atoms with Gasteiger partial charge >= 0.3 is 0 Å². The second kappa shape index (κ2) is 7.48. The Bertz CT molecular complexity index is 975. The minimum Gasteiger partial charge on any atom is -0.337 e. The van der Waals surface area contributed by atoms with Gasteiger partial charge in [0.2, 0.25) is 11.7 Å². The molecule has 0 spiro atoms. The van der Waals surface area contributed by atoms with Crippen LogP contribution in [0.4, 0.5) is 4.39 Å². The second-order valence-electron chi connectivity index (χ2n) is 6.46. The summed E-state index contributed by atoms with van der Waals surface area (Å²) in [7, 11) is 0. The molecule has 4 rings (SSSR count). The molecule has 0 bridgehead atoms. The number of likely N-dealkylation sites (tertiary alicyclic amines) is 1. The van der Waals surface area contributed by atoms with Crippen LogP contribution in [0.25, 0.3) is 11.4 Å². The normalized spacial score (nSPS) is 17.1. The van der Waals surface area contributed by atoms with Crippen molar-refractivity contribution in [3.8, 4) is 11.4 Å². The van der Waals surface area contributed by atoms with Gasteiger partial charge in [0.1, 0.15) is 11.9 Å². The predicted molar refractivity (Wildman–Crippen MR) is 98.8 cm³/mol. The van der Waals surface area contributed by atoms with Gasteiger partial charge in [-0.25, -0.2) is 4.39 Å². The first-order valence-corrected chi connectivity index (χ1v) is 9.16. The maximum Gasteiger partial charge on any atom is 0.257 e. The number of amides is 1. The van der Waals surface area contributed by atoms with E-state index in [0.29, 0.717) is 29.7 Å². The number of carbonyl (C=O) groups is 1. The summed E-state index contributed by atoms with van der Waals surface area (Å²) in [6.45, 7) is 0.521. The molecule has 1 aliphatic rings. The fraction of sp³-hybridized carbons (Fsp3) is 0.250. The van der Waals surface area contributed by atoms with Crippen LogP contribution in [0.5, 0.6) is 0 Å². The van der Waals surface area contributed by atoms with Gasteiger partial charge in [0.05, 0.1) is 5.56 Å². The molecule has 3 aromatic rings. The van der Waals surface area contributed by atoms with E-state index < -0.39 is 5.82 Å². The Morgan fingerprint density at radius 3 is 2.85 bits per heavy atom. The van der Waals surface area contributed by atoms with E-state index in [0.717, 1.165) is 18.4 Å². The number of aromatic nitrogens is 2. The molecule has 0 aliphatic carbocycles. The Labute approximate surface area is 160 Å². The molecule has 1 amide bonds. The van der Waals surface area contributed by atoms with Gasteiger partial charge in [-0.15, -0.1) is 0 Å². The van der Waals surface area contributed by atoms with Gasteiger partial charge in [0.25, 0.3) is 5.91 Å². The van der Waals surface area contributed by atoms with Crippen molar-refractivity contribution in [3.05, 3.63) is 70.8 Å². The van der Waals surface area contributed by atoms with E-state index in [-0.39, 0.29) is 17.5 Å². The van der Waals surface area contributed by atoms with Crippen LogP contribution >= 0.6 is 11.6 Å². The lowest BCUT2D eigenvalue weighted by Gasteiger charge is -2.33. The minimum atomic E-state index is -0.531. The lowest BCUT2D eigenvalue weighted by atomic mass is 10.0. The van der Waals surface area contributed by atoms with Crippen LogP contribution in [-0.2, 0) is 0 Å². The van der Waals surface area contributed by atoms with E-state index in [2.05, 4.69) is 10.1 Å². The first kappa shape index (κ1) is 17.7. The highest BCUT2D eigenvalue weighted by atomic mass is 35.5. The van der Waals surface area contributed by atoms with Crippen molar-refractivity contribution in [2.75, 3.05) is 6.54 Å². The molecule has 1 aromatic heterocycles. The molecule has 7 heteroatoms. The zero-order chi connectivity index (χ0) is 18.8. The third-order valence-corrected chi connectivity index (χ3v) is 4.91. The molecule has 1 atom stereocenters. The Hall–Kier alpha value is -2.73. The standard InChI is InChI=1S/C20H17ClFN3O2/c21-14-7-5-6-13(12-14)18-23-19(27-24-18)17-10-3-4-11-25(17)20(26)15-8-1-2-9-16(15)22/h1-2,5-9,12,17H,3-4,10-11H2. The van der Waals surface area contributed by atoms with E-state index in [9.17, 15) is 9.18 Å². The highest BCUT2D eigenvalue weighted by molar-refractivity contribution is 6.30. The van der Waals surface area contributed by atoms with Crippen LogP contribution < -0.4 is 0 Å². The summed E-state index contributed by atoms with van der Waals surface area (Å²) in [5.41, 5.74) is 0.791. The van der Waals surface area contributed by atoms with Gasteiger partial charge in [-0.05, 0) is 43.5 Å². The molecule has 1 saturated heterocycles. The highest BCUT2D eigenvalue weighted by Crippen LogP contribution is 2.33. The SMILES string of the molecule is O=C(c1ccccc1F)N1CCCCC1c1nc(-c2cccc(Cl)c2)no1. The molecular formula is C20H17ClFN3O2. The van der Waals surface area contributed by atoms with Crippen molar-refractivity contribution in [2.45, 2.75) is 25.3 Å². The molecule has 1 aliphatic heterocycles. The molecule has 1 unspecified atom stereocenters. The van der Waals surface area contributed by atoms with Gasteiger partial charge in [-0.3, -0.25) is 4.79 Å². The number of rotatable bonds is 3. The summed E-state index contributed by atoms with van der Waals surface area (Å²) < 4.78 is 19.5. The fourth-order valence-corrected chi connectivity index (χ4v) is 3.53. The molecule has 2 heterocycles. The van der Waals surface area contributed by atoms with Gasteiger partial charge in [-0.1, -0.05) is 41.0 Å².